The molecule has 2 N–H and O–H groups in total. The molecule has 2 aliphatic rings. The first-order chi connectivity index (χ1) is 7.36. The molecular formula is C12H22N2O. The summed E-state index contributed by atoms with van der Waals surface area (Å²) in [6.07, 6.45) is 8.40. The lowest BCUT2D eigenvalue weighted by Gasteiger charge is -2.17. The van der Waals surface area contributed by atoms with Crippen molar-refractivity contribution in [3.05, 3.63) is 0 Å². The summed E-state index contributed by atoms with van der Waals surface area (Å²) in [5.74, 6) is 0.610. The molecule has 0 aromatic heterocycles. The summed E-state index contributed by atoms with van der Waals surface area (Å²) in [5.41, 5.74) is 0. The largest absolute Gasteiger partial charge is 0.352 e. The molecule has 0 radical (unpaired) electrons. The first kappa shape index (κ1) is 10.9. The van der Waals surface area contributed by atoms with Crippen LogP contribution < -0.4 is 10.6 Å². The maximum Gasteiger partial charge on any atom is 0.223 e. The van der Waals surface area contributed by atoms with Crippen LogP contribution in [0.2, 0.25) is 0 Å². The van der Waals surface area contributed by atoms with Crippen LogP contribution in [0.3, 0.4) is 0 Å². The number of carbonyl (C=O) groups is 1. The van der Waals surface area contributed by atoms with Gasteiger partial charge in [-0.25, -0.2) is 0 Å². The van der Waals surface area contributed by atoms with Gasteiger partial charge in [0.1, 0.15) is 0 Å². The zero-order valence-corrected chi connectivity index (χ0v) is 9.43. The Balaban J connectivity index is 1.77. The van der Waals surface area contributed by atoms with Gasteiger partial charge in [0.2, 0.25) is 5.91 Å². The Hall–Kier alpha value is -0.570. The Kier molecular flexibility index (Phi) is 4.01. The lowest BCUT2D eigenvalue weighted by molar-refractivity contribution is -0.126. The van der Waals surface area contributed by atoms with Crippen LogP contribution in [0.1, 0.15) is 44.9 Å². The van der Waals surface area contributed by atoms with Crippen LogP contribution in [0.4, 0.5) is 0 Å². The predicted molar refractivity (Wildman–Crippen MR) is 60.6 cm³/mol. The first-order valence-electron chi connectivity index (χ1n) is 6.37. The van der Waals surface area contributed by atoms with Crippen LogP contribution in [0, 0.1) is 5.92 Å². The summed E-state index contributed by atoms with van der Waals surface area (Å²) in [6.45, 7) is 2.01. The molecule has 0 aromatic carbocycles. The van der Waals surface area contributed by atoms with Crippen molar-refractivity contribution < 1.29 is 4.79 Å². The Bertz CT molecular complexity index is 204. The number of carbonyl (C=O) groups excluding carboxylic acids is 1. The Labute approximate surface area is 92.0 Å². The van der Waals surface area contributed by atoms with E-state index in [1.54, 1.807) is 0 Å². The van der Waals surface area contributed by atoms with E-state index in [0.717, 1.165) is 32.4 Å². The maximum atomic E-state index is 12.0. The minimum Gasteiger partial charge on any atom is -0.352 e. The number of amides is 1. The van der Waals surface area contributed by atoms with E-state index in [-0.39, 0.29) is 0 Å². The average molecular weight is 210 g/mol. The molecule has 1 atom stereocenters. The van der Waals surface area contributed by atoms with Crippen molar-refractivity contribution in [2.24, 2.45) is 5.92 Å². The second-order valence-corrected chi connectivity index (χ2v) is 4.89. The molecule has 0 aromatic rings. The highest BCUT2D eigenvalue weighted by molar-refractivity contribution is 5.79. The number of hydrogen-bond acceptors (Lipinski definition) is 2. The highest BCUT2D eigenvalue weighted by Crippen LogP contribution is 2.23. The van der Waals surface area contributed by atoms with Gasteiger partial charge in [0.25, 0.3) is 0 Å². The van der Waals surface area contributed by atoms with Gasteiger partial charge in [-0.2, -0.15) is 0 Å². The van der Waals surface area contributed by atoms with E-state index in [0.29, 0.717) is 17.9 Å². The molecule has 15 heavy (non-hydrogen) atoms. The topological polar surface area (TPSA) is 41.1 Å². The fraction of sp³-hybridized carbons (Fsp3) is 0.917. The smallest absolute Gasteiger partial charge is 0.223 e. The molecule has 3 heteroatoms. The van der Waals surface area contributed by atoms with Crippen molar-refractivity contribution in [3.63, 3.8) is 0 Å². The van der Waals surface area contributed by atoms with Crippen LogP contribution in [0.25, 0.3) is 0 Å². The van der Waals surface area contributed by atoms with Gasteiger partial charge in [-0.05, 0) is 25.8 Å². The van der Waals surface area contributed by atoms with Crippen LogP contribution in [-0.4, -0.2) is 25.0 Å². The first-order valence-corrected chi connectivity index (χ1v) is 6.37. The van der Waals surface area contributed by atoms with Gasteiger partial charge in [-0.1, -0.05) is 25.7 Å². The monoisotopic (exact) mass is 210 g/mol. The van der Waals surface area contributed by atoms with Crippen LogP contribution in [0.5, 0.6) is 0 Å². The summed E-state index contributed by atoms with van der Waals surface area (Å²) >= 11 is 0. The number of hydrogen-bond donors (Lipinski definition) is 2. The molecule has 2 rings (SSSR count). The molecule has 2 fully saturated rings. The van der Waals surface area contributed by atoms with Gasteiger partial charge in [-0.3, -0.25) is 4.79 Å². The fourth-order valence-corrected chi connectivity index (χ4v) is 2.64. The van der Waals surface area contributed by atoms with Gasteiger partial charge in [0, 0.05) is 18.5 Å². The third-order valence-corrected chi connectivity index (χ3v) is 3.63. The third-order valence-electron chi connectivity index (χ3n) is 3.63. The highest BCUT2D eigenvalue weighted by Gasteiger charge is 2.23. The number of rotatable bonds is 2. The summed E-state index contributed by atoms with van der Waals surface area (Å²) in [4.78, 5) is 12.0. The van der Waals surface area contributed by atoms with E-state index in [1.807, 2.05) is 0 Å². The van der Waals surface area contributed by atoms with Gasteiger partial charge in [-0.15, -0.1) is 0 Å². The van der Waals surface area contributed by atoms with Crippen molar-refractivity contribution in [2.45, 2.75) is 51.0 Å². The highest BCUT2D eigenvalue weighted by atomic mass is 16.1. The third kappa shape index (κ3) is 3.20. The van der Waals surface area contributed by atoms with Crippen molar-refractivity contribution >= 4 is 5.91 Å². The molecule has 1 aliphatic heterocycles. The van der Waals surface area contributed by atoms with Crippen molar-refractivity contribution in [1.29, 1.82) is 0 Å². The zero-order valence-electron chi connectivity index (χ0n) is 9.43. The van der Waals surface area contributed by atoms with Gasteiger partial charge in [0.15, 0.2) is 0 Å². The lowest BCUT2D eigenvalue weighted by atomic mass is 9.99. The van der Waals surface area contributed by atoms with Gasteiger partial charge < -0.3 is 10.6 Å². The molecule has 1 amide bonds. The molecule has 3 nitrogen and oxygen atoms in total. The van der Waals surface area contributed by atoms with E-state index in [4.69, 9.17) is 0 Å². The van der Waals surface area contributed by atoms with Crippen molar-refractivity contribution in [1.82, 2.24) is 10.6 Å². The lowest BCUT2D eigenvalue weighted by Crippen LogP contribution is -2.39. The van der Waals surface area contributed by atoms with Crippen LogP contribution in [-0.2, 0) is 4.79 Å². The maximum absolute atomic E-state index is 12.0. The molecule has 1 heterocycles. The second kappa shape index (κ2) is 5.50. The molecule has 1 saturated heterocycles. The van der Waals surface area contributed by atoms with E-state index in [2.05, 4.69) is 10.6 Å². The second-order valence-electron chi connectivity index (χ2n) is 4.89. The fourth-order valence-electron chi connectivity index (χ4n) is 2.64. The van der Waals surface area contributed by atoms with Crippen LogP contribution >= 0.6 is 0 Å². The molecule has 0 unspecified atom stereocenters. The summed E-state index contributed by atoms with van der Waals surface area (Å²) in [6, 6.07) is 0.390. The van der Waals surface area contributed by atoms with Crippen LogP contribution in [0.15, 0.2) is 0 Å². The zero-order chi connectivity index (χ0) is 10.5. The SMILES string of the molecule is O=C(N[C@@H]1CCNC1)C1CCCCCC1. The summed E-state index contributed by atoms with van der Waals surface area (Å²) in [7, 11) is 0. The molecule has 1 saturated carbocycles. The van der Waals surface area contributed by atoms with E-state index < -0.39 is 0 Å². The molecule has 86 valence electrons. The number of nitrogens with one attached hydrogen (secondary N) is 2. The minimum absolute atomic E-state index is 0.299. The van der Waals surface area contributed by atoms with E-state index in [1.165, 1.54) is 25.7 Å². The molecule has 0 bridgehead atoms. The van der Waals surface area contributed by atoms with E-state index >= 15 is 0 Å². The molecule has 0 spiro atoms. The molecule has 1 aliphatic carbocycles. The van der Waals surface area contributed by atoms with Gasteiger partial charge in [0.05, 0.1) is 0 Å². The Morgan fingerprint density at radius 3 is 2.40 bits per heavy atom. The summed E-state index contributed by atoms with van der Waals surface area (Å²) < 4.78 is 0. The van der Waals surface area contributed by atoms with Crippen molar-refractivity contribution in [2.75, 3.05) is 13.1 Å². The predicted octanol–water partition coefficient (Wildman–Crippen LogP) is 1.43. The Morgan fingerprint density at radius 2 is 1.80 bits per heavy atom. The van der Waals surface area contributed by atoms with Crippen molar-refractivity contribution in [3.8, 4) is 0 Å². The van der Waals surface area contributed by atoms with E-state index in [9.17, 15) is 4.79 Å². The Morgan fingerprint density at radius 1 is 1.07 bits per heavy atom. The average Bonchev–Trinajstić information content (AvgIpc) is 2.58. The molecular weight excluding hydrogens is 188 g/mol. The van der Waals surface area contributed by atoms with Gasteiger partial charge >= 0.3 is 0 Å². The minimum atomic E-state index is 0.299. The normalized spacial score (nSPS) is 28.7. The summed E-state index contributed by atoms with van der Waals surface area (Å²) in [5, 5.41) is 6.45. The quantitative estimate of drug-likeness (QED) is 0.677. The standard InChI is InChI=1S/C12H22N2O/c15-12(14-11-7-8-13-9-11)10-5-3-1-2-4-6-10/h10-11,13H,1-9H2,(H,14,15)/t11-/m1/s1.